The van der Waals surface area contributed by atoms with Gasteiger partial charge in [0.15, 0.2) is 0 Å². The number of nitrogens with one attached hydrogen (secondary N) is 1. The molecule has 21 heavy (non-hydrogen) atoms. The van der Waals surface area contributed by atoms with Crippen LogP contribution < -0.4 is 5.32 Å². The molecule has 0 atom stereocenters. The second-order valence-electron chi connectivity index (χ2n) is 3.97. The SMILES string of the molecule is CCCN(CC(=O)OCC)C(=O)NC(=O)COCC(=O)O. The molecule has 9 heteroatoms. The number of hydrogen-bond acceptors (Lipinski definition) is 6. The fraction of sp³-hybridized carbons (Fsp3) is 0.667. The standard InChI is InChI=1S/C12H20N2O7/c1-3-5-14(6-11(18)21-4-2)12(19)13-9(15)7-20-8-10(16)17/h3-8H2,1-2H3,(H,16,17)(H,13,15,19). The van der Waals surface area contributed by atoms with Crippen LogP contribution in [0.5, 0.6) is 0 Å². The maximum Gasteiger partial charge on any atom is 0.329 e. The van der Waals surface area contributed by atoms with E-state index in [-0.39, 0.29) is 19.7 Å². The minimum absolute atomic E-state index is 0.197. The summed E-state index contributed by atoms with van der Waals surface area (Å²) in [7, 11) is 0. The van der Waals surface area contributed by atoms with Crippen molar-refractivity contribution in [3.05, 3.63) is 0 Å². The number of aliphatic carboxylic acids is 1. The van der Waals surface area contributed by atoms with E-state index < -0.39 is 37.1 Å². The second-order valence-corrected chi connectivity index (χ2v) is 3.97. The Morgan fingerprint density at radius 2 is 1.81 bits per heavy atom. The van der Waals surface area contributed by atoms with E-state index in [2.05, 4.69) is 4.74 Å². The number of urea groups is 1. The van der Waals surface area contributed by atoms with Crippen LogP contribution in [0, 0.1) is 0 Å². The van der Waals surface area contributed by atoms with Gasteiger partial charge in [-0.2, -0.15) is 0 Å². The fourth-order valence-electron chi connectivity index (χ4n) is 1.35. The van der Waals surface area contributed by atoms with Crippen LogP contribution in [0.4, 0.5) is 4.79 Å². The predicted octanol–water partition coefficient (Wildman–Crippen LogP) is -0.401. The Kier molecular flexibility index (Phi) is 9.52. The van der Waals surface area contributed by atoms with Crippen molar-refractivity contribution < 1.29 is 33.8 Å². The van der Waals surface area contributed by atoms with Crippen molar-refractivity contribution in [1.29, 1.82) is 0 Å². The van der Waals surface area contributed by atoms with Gasteiger partial charge in [-0.25, -0.2) is 9.59 Å². The van der Waals surface area contributed by atoms with E-state index in [1.165, 1.54) is 0 Å². The van der Waals surface area contributed by atoms with E-state index in [4.69, 9.17) is 9.84 Å². The zero-order valence-corrected chi connectivity index (χ0v) is 12.1. The highest BCUT2D eigenvalue weighted by Crippen LogP contribution is 1.95. The number of rotatable bonds is 9. The number of esters is 1. The highest BCUT2D eigenvalue weighted by atomic mass is 16.5. The summed E-state index contributed by atoms with van der Waals surface area (Å²) in [6, 6.07) is -0.756. The van der Waals surface area contributed by atoms with Gasteiger partial charge in [-0.15, -0.1) is 0 Å². The van der Waals surface area contributed by atoms with Crippen molar-refractivity contribution in [1.82, 2.24) is 10.2 Å². The van der Waals surface area contributed by atoms with Gasteiger partial charge in [0.2, 0.25) is 0 Å². The second kappa shape index (κ2) is 10.6. The van der Waals surface area contributed by atoms with E-state index in [0.29, 0.717) is 6.42 Å². The number of carbonyl (C=O) groups excluding carboxylic acids is 3. The van der Waals surface area contributed by atoms with Crippen molar-refractivity contribution in [2.75, 3.05) is 32.9 Å². The molecule has 0 fully saturated rings. The molecule has 0 unspecified atom stereocenters. The first kappa shape index (κ1) is 18.8. The van der Waals surface area contributed by atoms with Crippen LogP contribution in [0.2, 0.25) is 0 Å². The highest BCUT2D eigenvalue weighted by molar-refractivity contribution is 5.96. The lowest BCUT2D eigenvalue weighted by Gasteiger charge is -2.20. The Bertz CT molecular complexity index is 384. The number of carboxylic acid groups (broad SMARTS) is 1. The predicted molar refractivity (Wildman–Crippen MR) is 70.5 cm³/mol. The molecule has 0 aliphatic rings. The Morgan fingerprint density at radius 3 is 2.33 bits per heavy atom. The van der Waals surface area contributed by atoms with Gasteiger partial charge in [-0.05, 0) is 13.3 Å². The molecule has 0 saturated carbocycles. The molecule has 0 bridgehead atoms. The van der Waals surface area contributed by atoms with Crippen molar-refractivity contribution >= 4 is 23.9 Å². The van der Waals surface area contributed by atoms with Crippen LogP contribution in [0.3, 0.4) is 0 Å². The lowest BCUT2D eigenvalue weighted by molar-refractivity contribution is -0.145. The summed E-state index contributed by atoms with van der Waals surface area (Å²) < 4.78 is 9.27. The maximum atomic E-state index is 11.8. The molecule has 3 amide bonds. The first-order valence-corrected chi connectivity index (χ1v) is 6.44. The third-order valence-electron chi connectivity index (χ3n) is 2.11. The normalized spacial score (nSPS) is 9.81. The number of carboxylic acids is 1. The maximum absolute atomic E-state index is 11.8. The van der Waals surface area contributed by atoms with Crippen molar-refractivity contribution in [2.45, 2.75) is 20.3 Å². The van der Waals surface area contributed by atoms with E-state index in [1.807, 2.05) is 12.2 Å². The van der Waals surface area contributed by atoms with Gasteiger partial charge in [0.1, 0.15) is 19.8 Å². The monoisotopic (exact) mass is 304 g/mol. The zero-order chi connectivity index (χ0) is 16.3. The van der Waals surface area contributed by atoms with Gasteiger partial charge in [0.25, 0.3) is 5.91 Å². The van der Waals surface area contributed by atoms with Gasteiger partial charge in [0.05, 0.1) is 6.61 Å². The zero-order valence-electron chi connectivity index (χ0n) is 12.1. The molecule has 120 valence electrons. The van der Waals surface area contributed by atoms with Gasteiger partial charge in [0, 0.05) is 6.54 Å². The van der Waals surface area contributed by atoms with E-state index in [9.17, 15) is 19.2 Å². The topological polar surface area (TPSA) is 122 Å². The molecule has 0 saturated heterocycles. The van der Waals surface area contributed by atoms with Gasteiger partial charge < -0.3 is 19.5 Å². The minimum Gasteiger partial charge on any atom is -0.480 e. The molecule has 0 aliphatic carbocycles. The average molecular weight is 304 g/mol. The lowest BCUT2D eigenvalue weighted by Crippen LogP contribution is -2.46. The molecule has 9 nitrogen and oxygen atoms in total. The first-order chi connectivity index (χ1) is 9.90. The number of imide groups is 1. The van der Waals surface area contributed by atoms with Crippen LogP contribution in [-0.4, -0.2) is 66.8 Å². The molecular formula is C12H20N2O7. The molecule has 0 aromatic carbocycles. The van der Waals surface area contributed by atoms with Crippen LogP contribution in [0.15, 0.2) is 0 Å². The number of ether oxygens (including phenoxy) is 2. The molecular weight excluding hydrogens is 284 g/mol. The van der Waals surface area contributed by atoms with Gasteiger partial charge >= 0.3 is 18.0 Å². The van der Waals surface area contributed by atoms with Gasteiger partial charge in [-0.1, -0.05) is 6.92 Å². The van der Waals surface area contributed by atoms with Crippen LogP contribution >= 0.6 is 0 Å². The summed E-state index contributed by atoms with van der Waals surface area (Å²) >= 11 is 0. The Balaban J connectivity index is 4.30. The largest absolute Gasteiger partial charge is 0.480 e. The van der Waals surface area contributed by atoms with Crippen molar-refractivity contribution in [2.24, 2.45) is 0 Å². The average Bonchev–Trinajstić information content (AvgIpc) is 2.37. The molecule has 0 spiro atoms. The first-order valence-electron chi connectivity index (χ1n) is 6.44. The number of carbonyl (C=O) groups is 4. The quantitative estimate of drug-likeness (QED) is 0.556. The Labute approximate surface area is 122 Å². The number of nitrogens with zero attached hydrogens (tertiary/aromatic N) is 1. The molecule has 0 aromatic heterocycles. The molecule has 0 aromatic rings. The lowest BCUT2D eigenvalue weighted by atomic mass is 10.4. The molecule has 0 heterocycles. The van der Waals surface area contributed by atoms with E-state index in [1.54, 1.807) is 6.92 Å². The fourth-order valence-corrected chi connectivity index (χ4v) is 1.35. The Hall–Kier alpha value is -2.16. The summed E-state index contributed by atoms with van der Waals surface area (Å²) in [6.45, 7) is 2.46. The summed E-state index contributed by atoms with van der Waals surface area (Å²) in [5.74, 6) is -2.58. The third kappa shape index (κ3) is 9.38. The molecule has 0 aliphatic heterocycles. The Morgan fingerprint density at radius 1 is 1.14 bits per heavy atom. The summed E-state index contributed by atoms with van der Waals surface area (Å²) in [5, 5.41) is 10.3. The van der Waals surface area contributed by atoms with Crippen LogP contribution in [0.1, 0.15) is 20.3 Å². The number of hydrogen-bond donors (Lipinski definition) is 2. The van der Waals surface area contributed by atoms with Crippen LogP contribution in [0.25, 0.3) is 0 Å². The highest BCUT2D eigenvalue weighted by Gasteiger charge is 2.19. The van der Waals surface area contributed by atoms with Crippen molar-refractivity contribution in [3.63, 3.8) is 0 Å². The molecule has 0 rings (SSSR count). The van der Waals surface area contributed by atoms with Crippen LogP contribution in [-0.2, 0) is 23.9 Å². The van der Waals surface area contributed by atoms with Gasteiger partial charge in [-0.3, -0.25) is 14.9 Å². The molecule has 0 radical (unpaired) electrons. The number of amides is 3. The summed E-state index contributed by atoms with van der Waals surface area (Å²) in [5.41, 5.74) is 0. The smallest absolute Gasteiger partial charge is 0.329 e. The summed E-state index contributed by atoms with van der Waals surface area (Å²) in [4.78, 5) is 45.8. The minimum atomic E-state index is -1.22. The third-order valence-corrected chi connectivity index (χ3v) is 2.11. The molecule has 2 N–H and O–H groups in total. The van der Waals surface area contributed by atoms with Crippen molar-refractivity contribution in [3.8, 4) is 0 Å². The summed E-state index contributed by atoms with van der Waals surface area (Å²) in [6.07, 6.45) is 0.594. The van der Waals surface area contributed by atoms with E-state index >= 15 is 0 Å². The van der Waals surface area contributed by atoms with E-state index in [0.717, 1.165) is 4.90 Å².